The molecule has 0 unspecified atom stereocenters. The van der Waals surface area contributed by atoms with Crippen LogP contribution in [-0.4, -0.2) is 28.9 Å². The number of ketones is 1. The van der Waals surface area contributed by atoms with Gasteiger partial charge in [-0.05, 0) is 32.8 Å². The lowest BCUT2D eigenvalue weighted by Gasteiger charge is -2.27. The molecule has 0 fully saturated rings. The van der Waals surface area contributed by atoms with Crippen LogP contribution in [0, 0.1) is 0 Å². The molecule has 1 rings (SSSR count). The third kappa shape index (κ3) is 9.90. The zero-order chi connectivity index (χ0) is 18.7. The molecule has 0 N–H and O–H groups in total. The second-order valence-electron chi connectivity index (χ2n) is 7.52. The molecule has 0 aliphatic carbocycles. The quantitative estimate of drug-likeness (QED) is 0.536. The number of hydrogen-bond donors (Lipinski definition) is 0. The number of hydrogen-bond acceptors (Lipinski definition) is 3. The van der Waals surface area contributed by atoms with E-state index in [2.05, 4.69) is 6.92 Å². The van der Waals surface area contributed by atoms with Crippen LogP contribution in [0.3, 0.4) is 0 Å². The van der Waals surface area contributed by atoms with Crippen molar-refractivity contribution in [3.05, 3.63) is 35.9 Å². The fourth-order valence-corrected chi connectivity index (χ4v) is 2.53. The van der Waals surface area contributed by atoms with E-state index in [4.69, 9.17) is 4.74 Å². The average Bonchev–Trinajstić information content (AvgIpc) is 2.53. The molecule has 0 saturated carbocycles. The number of nitrogens with zero attached hydrogens (tertiary/aromatic N) is 1. The summed E-state index contributed by atoms with van der Waals surface area (Å²) in [4.78, 5) is 26.3. The number of Topliss-reactive ketones (excluding diaryl/α,β-unsaturated/α-hetero) is 1. The van der Waals surface area contributed by atoms with Crippen LogP contribution in [0.25, 0.3) is 0 Å². The molecule has 140 valence electrons. The second-order valence-corrected chi connectivity index (χ2v) is 7.52. The molecule has 1 aromatic carbocycles. The molecule has 1 aromatic rings. The number of carbonyl (C=O) groups is 2. The Kier molecular flexibility index (Phi) is 9.25. The Morgan fingerprint density at radius 1 is 1.00 bits per heavy atom. The van der Waals surface area contributed by atoms with Gasteiger partial charge in [0, 0.05) is 13.0 Å². The van der Waals surface area contributed by atoms with E-state index in [9.17, 15) is 9.59 Å². The Bertz CT molecular complexity index is 520. The molecule has 0 aliphatic heterocycles. The Morgan fingerprint density at radius 2 is 1.64 bits per heavy atom. The second kappa shape index (κ2) is 10.9. The smallest absolute Gasteiger partial charge is 0.410 e. The highest BCUT2D eigenvalue weighted by atomic mass is 16.6. The molecular formula is C21H33NO3. The van der Waals surface area contributed by atoms with Crippen molar-refractivity contribution in [1.82, 2.24) is 4.90 Å². The topological polar surface area (TPSA) is 46.6 Å². The van der Waals surface area contributed by atoms with Crippen molar-refractivity contribution in [2.45, 2.75) is 78.4 Å². The number of carbonyl (C=O) groups excluding carboxylic acids is 2. The molecular weight excluding hydrogens is 314 g/mol. The zero-order valence-corrected chi connectivity index (χ0v) is 16.2. The van der Waals surface area contributed by atoms with Crippen molar-refractivity contribution in [3.63, 3.8) is 0 Å². The summed E-state index contributed by atoms with van der Waals surface area (Å²) in [7, 11) is 0. The first-order valence-electron chi connectivity index (χ1n) is 9.35. The first-order chi connectivity index (χ1) is 11.8. The maximum atomic E-state index is 12.5. The van der Waals surface area contributed by atoms with Gasteiger partial charge in [0.25, 0.3) is 0 Å². The molecule has 0 aliphatic rings. The fraction of sp³-hybridized carbons (Fsp3) is 0.619. The number of benzene rings is 1. The standard InChI is InChI=1S/C21H33NO3/c1-5-6-7-8-12-15-19(23)17-22(20(24)25-21(2,3)4)16-18-13-10-9-11-14-18/h9-11,13-14H,5-8,12,15-17H2,1-4H3. The van der Waals surface area contributed by atoms with E-state index < -0.39 is 11.7 Å². The van der Waals surface area contributed by atoms with Crippen molar-refractivity contribution < 1.29 is 14.3 Å². The van der Waals surface area contributed by atoms with Crippen LogP contribution < -0.4 is 0 Å². The summed E-state index contributed by atoms with van der Waals surface area (Å²) in [6.07, 6.45) is 5.64. The highest BCUT2D eigenvalue weighted by Crippen LogP contribution is 2.14. The Balaban J connectivity index is 2.61. The van der Waals surface area contributed by atoms with Gasteiger partial charge in [0.2, 0.25) is 0 Å². The molecule has 0 aromatic heterocycles. The van der Waals surface area contributed by atoms with E-state index in [1.54, 1.807) is 0 Å². The maximum Gasteiger partial charge on any atom is 0.410 e. The van der Waals surface area contributed by atoms with Crippen molar-refractivity contribution in [1.29, 1.82) is 0 Å². The third-order valence-corrected chi connectivity index (χ3v) is 3.79. The van der Waals surface area contributed by atoms with Gasteiger partial charge in [-0.3, -0.25) is 9.69 Å². The lowest BCUT2D eigenvalue weighted by atomic mass is 10.1. The van der Waals surface area contributed by atoms with Crippen molar-refractivity contribution in [2.24, 2.45) is 0 Å². The van der Waals surface area contributed by atoms with Crippen molar-refractivity contribution in [2.75, 3.05) is 6.54 Å². The minimum absolute atomic E-state index is 0.0956. The summed E-state index contributed by atoms with van der Waals surface area (Å²) in [5, 5.41) is 0. The van der Waals surface area contributed by atoms with E-state index >= 15 is 0 Å². The SMILES string of the molecule is CCCCCCCC(=O)CN(Cc1ccccc1)C(=O)OC(C)(C)C. The number of amides is 1. The molecule has 0 radical (unpaired) electrons. The molecule has 0 saturated heterocycles. The largest absolute Gasteiger partial charge is 0.444 e. The van der Waals surface area contributed by atoms with Crippen LogP contribution in [0.4, 0.5) is 4.79 Å². The van der Waals surface area contributed by atoms with Gasteiger partial charge in [0.15, 0.2) is 5.78 Å². The zero-order valence-electron chi connectivity index (χ0n) is 16.2. The first kappa shape index (κ1) is 21.2. The summed E-state index contributed by atoms with van der Waals surface area (Å²) >= 11 is 0. The third-order valence-electron chi connectivity index (χ3n) is 3.79. The van der Waals surface area contributed by atoms with Gasteiger partial charge in [-0.15, -0.1) is 0 Å². The number of unbranched alkanes of at least 4 members (excludes halogenated alkanes) is 4. The Hall–Kier alpha value is -1.84. The van der Waals surface area contributed by atoms with Crippen LogP contribution in [0.5, 0.6) is 0 Å². The van der Waals surface area contributed by atoms with Gasteiger partial charge in [0.1, 0.15) is 5.60 Å². The molecule has 4 nitrogen and oxygen atoms in total. The molecule has 4 heteroatoms. The van der Waals surface area contributed by atoms with Crippen molar-refractivity contribution >= 4 is 11.9 Å². The van der Waals surface area contributed by atoms with E-state index in [-0.39, 0.29) is 12.3 Å². The van der Waals surface area contributed by atoms with Gasteiger partial charge in [0.05, 0.1) is 6.54 Å². The van der Waals surface area contributed by atoms with E-state index in [0.29, 0.717) is 13.0 Å². The van der Waals surface area contributed by atoms with Crippen LogP contribution in [-0.2, 0) is 16.1 Å². The fourth-order valence-electron chi connectivity index (χ4n) is 2.53. The summed E-state index contributed by atoms with van der Waals surface area (Å²) in [6, 6.07) is 9.69. The van der Waals surface area contributed by atoms with Crippen LogP contribution in [0.2, 0.25) is 0 Å². The Labute approximate surface area is 152 Å². The number of rotatable bonds is 10. The summed E-state index contributed by atoms with van der Waals surface area (Å²) in [5.74, 6) is 0.0956. The van der Waals surface area contributed by atoms with Gasteiger partial charge in [-0.2, -0.15) is 0 Å². The van der Waals surface area contributed by atoms with Crippen LogP contribution in [0.1, 0.15) is 71.8 Å². The molecule has 0 heterocycles. The molecule has 0 spiro atoms. The minimum Gasteiger partial charge on any atom is -0.444 e. The first-order valence-corrected chi connectivity index (χ1v) is 9.35. The van der Waals surface area contributed by atoms with Crippen LogP contribution >= 0.6 is 0 Å². The molecule has 0 bridgehead atoms. The highest BCUT2D eigenvalue weighted by molar-refractivity contribution is 5.84. The van der Waals surface area contributed by atoms with Crippen molar-refractivity contribution in [3.8, 4) is 0 Å². The number of ether oxygens (including phenoxy) is 1. The predicted molar refractivity (Wildman–Crippen MR) is 101 cm³/mol. The Morgan fingerprint density at radius 3 is 2.24 bits per heavy atom. The van der Waals surface area contributed by atoms with E-state index in [1.165, 1.54) is 24.2 Å². The monoisotopic (exact) mass is 347 g/mol. The molecule has 1 amide bonds. The molecule has 0 atom stereocenters. The van der Waals surface area contributed by atoms with Gasteiger partial charge < -0.3 is 4.74 Å². The lowest BCUT2D eigenvalue weighted by molar-refractivity contribution is -0.120. The maximum absolute atomic E-state index is 12.5. The van der Waals surface area contributed by atoms with Gasteiger partial charge in [-0.25, -0.2) is 4.79 Å². The van der Waals surface area contributed by atoms with Gasteiger partial charge in [-0.1, -0.05) is 62.9 Å². The summed E-state index contributed by atoms with van der Waals surface area (Å²) < 4.78 is 5.47. The normalized spacial score (nSPS) is 11.2. The van der Waals surface area contributed by atoms with Crippen LogP contribution in [0.15, 0.2) is 30.3 Å². The van der Waals surface area contributed by atoms with E-state index in [1.807, 2.05) is 51.1 Å². The van der Waals surface area contributed by atoms with Gasteiger partial charge >= 0.3 is 6.09 Å². The minimum atomic E-state index is -0.574. The summed E-state index contributed by atoms with van der Waals surface area (Å²) in [6.45, 7) is 8.17. The lowest BCUT2D eigenvalue weighted by Crippen LogP contribution is -2.39. The van der Waals surface area contributed by atoms with E-state index in [0.717, 1.165) is 18.4 Å². The molecule has 25 heavy (non-hydrogen) atoms. The highest BCUT2D eigenvalue weighted by Gasteiger charge is 2.24. The average molecular weight is 347 g/mol. The summed E-state index contributed by atoms with van der Waals surface area (Å²) in [5.41, 5.74) is 0.416. The predicted octanol–water partition coefficient (Wildman–Crippen LogP) is 5.35.